The zero-order chi connectivity index (χ0) is 27.1. The Balaban J connectivity index is 2.04. The molecule has 2 aromatic heterocycles. The van der Waals surface area contributed by atoms with Crippen LogP contribution in [0.15, 0.2) is 47.5 Å². The molecule has 0 bridgehead atoms. The number of methoxy groups -OCH3 is 3. The molecule has 0 saturated heterocycles. The summed E-state index contributed by atoms with van der Waals surface area (Å²) in [5.74, 6) is -4.44. The Kier molecular flexibility index (Phi) is 6.55. The van der Waals surface area contributed by atoms with Crippen LogP contribution in [0.5, 0.6) is 28.7 Å². The van der Waals surface area contributed by atoms with E-state index in [4.69, 9.17) is 18.9 Å². The SMILES string of the molecule is COc1c(F)ccc(Oc2cc(C(F)(F)F)c(F)cc2-c2[nH]c3cc[n+]([O-])cc3c(=O)c2OC)c1OC. The summed E-state index contributed by atoms with van der Waals surface area (Å²) < 4.78 is 90.9. The number of nitrogens with one attached hydrogen (secondary N) is 1. The number of nitrogens with zero attached hydrogens (tertiary/aromatic N) is 1. The second-order valence-electron chi connectivity index (χ2n) is 7.53. The van der Waals surface area contributed by atoms with Crippen LogP contribution in [0.4, 0.5) is 22.0 Å². The van der Waals surface area contributed by atoms with E-state index in [0.717, 1.165) is 45.9 Å². The van der Waals surface area contributed by atoms with Crippen molar-refractivity contribution in [1.29, 1.82) is 0 Å². The highest BCUT2D eigenvalue weighted by Gasteiger charge is 2.36. The minimum absolute atomic E-state index is 0.0853. The third-order valence-corrected chi connectivity index (χ3v) is 5.38. The first-order valence-electron chi connectivity index (χ1n) is 10.3. The van der Waals surface area contributed by atoms with E-state index in [1.54, 1.807) is 0 Å². The molecule has 0 aliphatic carbocycles. The Morgan fingerprint density at radius 2 is 1.57 bits per heavy atom. The lowest BCUT2D eigenvalue weighted by molar-refractivity contribution is -0.603. The van der Waals surface area contributed by atoms with Crippen molar-refractivity contribution in [1.82, 2.24) is 4.98 Å². The number of halogens is 5. The number of aromatic nitrogens is 2. The van der Waals surface area contributed by atoms with Crippen LogP contribution in [0.3, 0.4) is 0 Å². The van der Waals surface area contributed by atoms with Gasteiger partial charge in [-0.05, 0) is 24.3 Å². The molecule has 0 fully saturated rings. The average Bonchev–Trinajstić information content (AvgIpc) is 2.85. The topological polar surface area (TPSA) is 96.7 Å². The van der Waals surface area contributed by atoms with Gasteiger partial charge in [0.2, 0.25) is 16.9 Å². The summed E-state index contributed by atoms with van der Waals surface area (Å²) >= 11 is 0. The Bertz CT molecular complexity index is 1570. The van der Waals surface area contributed by atoms with Crippen LogP contribution >= 0.6 is 0 Å². The maximum atomic E-state index is 14.7. The van der Waals surface area contributed by atoms with E-state index >= 15 is 0 Å². The maximum absolute atomic E-state index is 14.7. The van der Waals surface area contributed by atoms with Crippen LogP contribution in [0.25, 0.3) is 22.2 Å². The molecule has 2 aromatic carbocycles. The molecule has 4 aromatic rings. The summed E-state index contributed by atoms with van der Waals surface area (Å²) in [6.07, 6.45) is -3.05. The molecule has 0 aliphatic rings. The first-order chi connectivity index (χ1) is 17.5. The highest BCUT2D eigenvalue weighted by atomic mass is 19.4. The highest BCUT2D eigenvalue weighted by molar-refractivity contribution is 5.85. The van der Waals surface area contributed by atoms with Crippen molar-refractivity contribution < 1.29 is 45.6 Å². The van der Waals surface area contributed by atoms with Crippen LogP contribution in [0.2, 0.25) is 0 Å². The van der Waals surface area contributed by atoms with E-state index < -0.39 is 40.3 Å². The maximum Gasteiger partial charge on any atom is 0.419 e. The van der Waals surface area contributed by atoms with Gasteiger partial charge in [-0.1, -0.05) is 0 Å². The number of fused-ring (bicyclic) bond motifs is 1. The number of H-pyrrole nitrogens is 1. The van der Waals surface area contributed by atoms with E-state index in [9.17, 15) is 32.0 Å². The Hall–Kier alpha value is -4.55. The van der Waals surface area contributed by atoms with Gasteiger partial charge in [-0.3, -0.25) is 4.79 Å². The monoisotopic (exact) mass is 524 g/mol. The van der Waals surface area contributed by atoms with Crippen molar-refractivity contribution >= 4 is 10.9 Å². The van der Waals surface area contributed by atoms with Gasteiger partial charge in [-0.15, -0.1) is 0 Å². The van der Waals surface area contributed by atoms with Gasteiger partial charge >= 0.3 is 6.18 Å². The molecule has 2 heterocycles. The van der Waals surface area contributed by atoms with Gasteiger partial charge in [0.05, 0.1) is 38.1 Å². The van der Waals surface area contributed by atoms with Crippen molar-refractivity contribution in [2.24, 2.45) is 0 Å². The van der Waals surface area contributed by atoms with Gasteiger partial charge in [0, 0.05) is 11.6 Å². The summed E-state index contributed by atoms with van der Waals surface area (Å²) in [5.41, 5.74) is -2.91. The molecule has 0 unspecified atom stereocenters. The Morgan fingerprint density at radius 1 is 0.892 bits per heavy atom. The Morgan fingerprint density at radius 3 is 2.19 bits per heavy atom. The molecule has 4 rings (SSSR count). The van der Waals surface area contributed by atoms with E-state index in [1.807, 2.05) is 0 Å². The molecular weight excluding hydrogens is 507 g/mol. The van der Waals surface area contributed by atoms with Crippen LogP contribution in [-0.2, 0) is 6.18 Å². The van der Waals surface area contributed by atoms with Crippen LogP contribution < -0.4 is 29.1 Å². The van der Waals surface area contributed by atoms with Gasteiger partial charge < -0.3 is 29.1 Å². The van der Waals surface area contributed by atoms with Gasteiger partial charge in [0.15, 0.2) is 29.7 Å². The number of alkyl halides is 3. The molecule has 1 N–H and O–H groups in total. The first-order valence-corrected chi connectivity index (χ1v) is 10.3. The number of pyridine rings is 2. The van der Waals surface area contributed by atoms with E-state index in [0.29, 0.717) is 16.9 Å². The Labute approximate surface area is 205 Å². The molecule has 0 saturated carbocycles. The van der Waals surface area contributed by atoms with Crippen molar-refractivity contribution in [3.63, 3.8) is 0 Å². The number of rotatable bonds is 6. The number of ether oxygens (including phenoxy) is 4. The van der Waals surface area contributed by atoms with Gasteiger partial charge in [0.1, 0.15) is 17.0 Å². The first kappa shape index (κ1) is 25.5. The summed E-state index contributed by atoms with van der Waals surface area (Å²) in [7, 11) is 3.41. The molecule has 0 spiro atoms. The quantitative estimate of drug-likeness (QED) is 0.218. The third kappa shape index (κ3) is 4.55. The standard InChI is InChI=1S/C24H17F5N2O6/c1-34-21-14(25)4-5-17(22(21)35-2)37-18-9-13(24(27,28)29)15(26)8-11(18)19-23(36-3)20(32)12-10-31(33)7-6-16(12)30-19/h4-10H,1-3H3,(H,30,32). The number of benzene rings is 2. The van der Waals surface area contributed by atoms with Crippen molar-refractivity contribution in [2.45, 2.75) is 6.18 Å². The molecular formula is C24H17F5N2O6. The predicted octanol–water partition coefficient (Wildman–Crippen LogP) is 4.94. The number of aromatic amines is 1. The fraction of sp³-hybridized carbons (Fsp3) is 0.167. The van der Waals surface area contributed by atoms with Crippen LogP contribution in [0, 0.1) is 16.8 Å². The fourth-order valence-corrected chi connectivity index (χ4v) is 3.73. The van der Waals surface area contributed by atoms with Crippen LogP contribution in [0.1, 0.15) is 5.56 Å². The summed E-state index contributed by atoms with van der Waals surface area (Å²) in [5, 5.41) is 11.6. The predicted molar refractivity (Wildman–Crippen MR) is 120 cm³/mol. The smallest absolute Gasteiger partial charge is 0.419 e. The molecule has 0 radical (unpaired) electrons. The number of hydrogen-bond acceptors (Lipinski definition) is 6. The minimum Gasteiger partial charge on any atom is -0.619 e. The second-order valence-corrected chi connectivity index (χ2v) is 7.53. The summed E-state index contributed by atoms with van der Waals surface area (Å²) in [4.78, 5) is 15.8. The van der Waals surface area contributed by atoms with E-state index in [-0.39, 0.29) is 39.4 Å². The minimum atomic E-state index is -5.10. The fourth-order valence-electron chi connectivity index (χ4n) is 3.73. The van der Waals surface area contributed by atoms with E-state index in [1.165, 1.54) is 6.07 Å². The third-order valence-electron chi connectivity index (χ3n) is 5.38. The summed E-state index contributed by atoms with van der Waals surface area (Å²) in [6.45, 7) is 0. The molecule has 0 atom stereocenters. The lowest BCUT2D eigenvalue weighted by Crippen LogP contribution is -2.26. The number of hydrogen-bond donors (Lipinski definition) is 1. The molecule has 194 valence electrons. The van der Waals surface area contributed by atoms with Gasteiger partial charge in [0.25, 0.3) is 0 Å². The molecule has 0 aliphatic heterocycles. The van der Waals surface area contributed by atoms with Crippen molar-refractivity contribution in [2.75, 3.05) is 21.3 Å². The second kappa shape index (κ2) is 9.48. The zero-order valence-electron chi connectivity index (χ0n) is 19.3. The van der Waals surface area contributed by atoms with Crippen molar-refractivity contribution in [3.8, 4) is 40.0 Å². The van der Waals surface area contributed by atoms with Crippen molar-refractivity contribution in [3.05, 3.63) is 75.4 Å². The lowest BCUT2D eigenvalue weighted by Gasteiger charge is -2.19. The van der Waals surface area contributed by atoms with Crippen LogP contribution in [-0.4, -0.2) is 26.3 Å². The molecule has 0 amide bonds. The highest BCUT2D eigenvalue weighted by Crippen LogP contribution is 2.46. The molecule has 8 nitrogen and oxygen atoms in total. The van der Waals surface area contributed by atoms with Gasteiger partial charge in [-0.2, -0.15) is 17.9 Å². The average molecular weight is 524 g/mol. The largest absolute Gasteiger partial charge is 0.619 e. The van der Waals surface area contributed by atoms with E-state index in [2.05, 4.69) is 4.98 Å². The summed E-state index contributed by atoms with van der Waals surface area (Å²) in [6, 6.07) is 4.16. The zero-order valence-corrected chi connectivity index (χ0v) is 19.3. The lowest BCUT2D eigenvalue weighted by atomic mass is 10.0. The normalized spacial score (nSPS) is 11.5. The molecule has 13 heteroatoms. The van der Waals surface area contributed by atoms with Gasteiger partial charge in [-0.25, -0.2) is 8.78 Å². The molecule has 37 heavy (non-hydrogen) atoms.